The summed E-state index contributed by atoms with van der Waals surface area (Å²) in [6.45, 7) is 5.70. The van der Waals surface area contributed by atoms with Gasteiger partial charge in [-0.3, -0.25) is 0 Å². The first-order valence-electron chi connectivity index (χ1n) is 6.83. The van der Waals surface area contributed by atoms with Crippen LogP contribution in [0.25, 0.3) is 10.8 Å². The predicted molar refractivity (Wildman–Crippen MR) is 79.9 cm³/mol. The maximum atomic E-state index is 3.31. The van der Waals surface area contributed by atoms with Crippen LogP contribution < -0.4 is 5.32 Å². The Bertz CT molecular complexity index is 502. The zero-order valence-corrected chi connectivity index (χ0v) is 11.6. The van der Waals surface area contributed by atoms with Crippen LogP contribution in [0.1, 0.15) is 19.4 Å². The van der Waals surface area contributed by atoms with Gasteiger partial charge in [-0.1, -0.05) is 56.3 Å². The molecule has 18 heavy (non-hydrogen) atoms. The Morgan fingerprint density at radius 2 is 1.72 bits per heavy atom. The van der Waals surface area contributed by atoms with E-state index in [0.717, 1.165) is 13.0 Å². The molecule has 2 rings (SSSR count). The highest BCUT2D eigenvalue weighted by molar-refractivity contribution is 5.82. The molecule has 0 aromatic heterocycles. The highest BCUT2D eigenvalue weighted by atomic mass is 14.8. The van der Waals surface area contributed by atoms with E-state index >= 15 is 0 Å². The maximum absolute atomic E-state index is 3.31. The number of hydrogen-bond donors (Lipinski definition) is 1. The van der Waals surface area contributed by atoms with Crippen LogP contribution >= 0.6 is 0 Å². The quantitative estimate of drug-likeness (QED) is 0.838. The molecule has 1 nitrogen and oxygen atoms in total. The molecule has 0 fully saturated rings. The third-order valence-corrected chi connectivity index (χ3v) is 3.72. The van der Waals surface area contributed by atoms with Crippen molar-refractivity contribution in [1.82, 2.24) is 5.32 Å². The van der Waals surface area contributed by atoms with Gasteiger partial charge in [0.15, 0.2) is 0 Å². The molecule has 1 unspecified atom stereocenters. The maximum Gasteiger partial charge on any atom is -0.00179 e. The van der Waals surface area contributed by atoms with Gasteiger partial charge in [-0.05, 0) is 48.2 Å². The van der Waals surface area contributed by atoms with Gasteiger partial charge in [-0.15, -0.1) is 0 Å². The topological polar surface area (TPSA) is 12.0 Å². The fourth-order valence-corrected chi connectivity index (χ4v) is 2.47. The second kappa shape index (κ2) is 6.01. The van der Waals surface area contributed by atoms with E-state index in [-0.39, 0.29) is 0 Å². The largest absolute Gasteiger partial charge is 0.319 e. The third kappa shape index (κ3) is 3.11. The Morgan fingerprint density at radius 1 is 1.00 bits per heavy atom. The smallest absolute Gasteiger partial charge is 0.00179 e. The predicted octanol–water partition coefficient (Wildman–Crippen LogP) is 3.87. The van der Waals surface area contributed by atoms with Crippen LogP contribution in [0, 0.1) is 11.8 Å². The summed E-state index contributed by atoms with van der Waals surface area (Å²) in [4.78, 5) is 0. The van der Waals surface area contributed by atoms with Gasteiger partial charge in [0, 0.05) is 0 Å². The highest BCUT2D eigenvalue weighted by Crippen LogP contribution is 2.21. The van der Waals surface area contributed by atoms with Crippen molar-refractivity contribution in [2.75, 3.05) is 13.6 Å². The molecule has 0 bridgehead atoms. The van der Waals surface area contributed by atoms with Crippen LogP contribution in [0.2, 0.25) is 0 Å². The van der Waals surface area contributed by atoms with E-state index in [1.165, 1.54) is 16.3 Å². The minimum Gasteiger partial charge on any atom is -0.319 e. The highest BCUT2D eigenvalue weighted by Gasteiger charge is 2.13. The number of hydrogen-bond acceptors (Lipinski definition) is 1. The summed E-state index contributed by atoms with van der Waals surface area (Å²) in [6, 6.07) is 15.4. The average Bonchev–Trinajstić information content (AvgIpc) is 2.38. The molecule has 1 N–H and O–H groups in total. The number of fused-ring (bicyclic) bond motifs is 1. The SMILES string of the molecule is CNCC(Cc1ccc2ccccc2c1)C(C)C. The van der Waals surface area contributed by atoms with Crippen molar-refractivity contribution in [3.8, 4) is 0 Å². The lowest BCUT2D eigenvalue weighted by atomic mass is 9.88. The molecule has 2 aromatic carbocycles. The molecule has 96 valence electrons. The van der Waals surface area contributed by atoms with Crippen molar-refractivity contribution >= 4 is 10.8 Å². The molecule has 0 amide bonds. The van der Waals surface area contributed by atoms with Crippen molar-refractivity contribution in [1.29, 1.82) is 0 Å². The zero-order chi connectivity index (χ0) is 13.0. The van der Waals surface area contributed by atoms with Gasteiger partial charge in [0.1, 0.15) is 0 Å². The molecule has 0 aliphatic carbocycles. The van der Waals surface area contributed by atoms with Crippen LogP contribution in [0.15, 0.2) is 42.5 Å². The molecule has 0 spiro atoms. The summed E-state index contributed by atoms with van der Waals surface area (Å²) >= 11 is 0. The molecular formula is C17H23N. The monoisotopic (exact) mass is 241 g/mol. The van der Waals surface area contributed by atoms with E-state index < -0.39 is 0 Å². The summed E-state index contributed by atoms with van der Waals surface area (Å²) < 4.78 is 0. The molecule has 1 heteroatoms. The Kier molecular flexibility index (Phi) is 4.38. The number of rotatable bonds is 5. The summed E-state index contributed by atoms with van der Waals surface area (Å²) in [6.07, 6.45) is 1.16. The van der Waals surface area contributed by atoms with Crippen LogP contribution in [0.3, 0.4) is 0 Å². The Balaban J connectivity index is 2.20. The van der Waals surface area contributed by atoms with Crippen molar-refractivity contribution in [3.05, 3.63) is 48.0 Å². The molecule has 0 aliphatic rings. The fourth-order valence-electron chi connectivity index (χ4n) is 2.47. The molecule has 1 atom stereocenters. The molecule has 0 heterocycles. The normalized spacial score (nSPS) is 13.1. The van der Waals surface area contributed by atoms with Crippen LogP contribution in [0.5, 0.6) is 0 Å². The molecule has 0 radical (unpaired) electrons. The lowest BCUT2D eigenvalue weighted by Gasteiger charge is -2.20. The summed E-state index contributed by atoms with van der Waals surface area (Å²) in [5, 5.41) is 5.99. The van der Waals surface area contributed by atoms with Crippen LogP contribution in [-0.4, -0.2) is 13.6 Å². The minimum absolute atomic E-state index is 0.705. The average molecular weight is 241 g/mol. The van der Waals surface area contributed by atoms with Gasteiger partial charge in [-0.25, -0.2) is 0 Å². The Morgan fingerprint density at radius 3 is 2.39 bits per heavy atom. The molecule has 0 aliphatic heterocycles. The Labute approximate surface area is 110 Å². The zero-order valence-electron chi connectivity index (χ0n) is 11.6. The van der Waals surface area contributed by atoms with Crippen molar-refractivity contribution in [3.63, 3.8) is 0 Å². The van der Waals surface area contributed by atoms with Crippen molar-refractivity contribution in [2.24, 2.45) is 11.8 Å². The second-order valence-electron chi connectivity index (χ2n) is 5.45. The van der Waals surface area contributed by atoms with E-state index in [0.29, 0.717) is 11.8 Å². The van der Waals surface area contributed by atoms with Crippen molar-refractivity contribution in [2.45, 2.75) is 20.3 Å². The van der Waals surface area contributed by atoms with E-state index in [1.54, 1.807) is 0 Å². The lowest BCUT2D eigenvalue weighted by molar-refractivity contribution is 0.370. The molecule has 0 saturated carbocycles. The van der Waals surface area contributed by atoms with Gasteiger partial charge in [0.2, 0.25) is 0 Å². The van der Waals surface area contributed by atoms with Crippen LogP contribution in [-0.2, 0) is 6.42 Å². The Hall–Kier alpha value is -1.34. The van der Waals surface area contributed by atoms with Gasteiger partial charge in [0.25, 0.3) is 0 Å². The summed E-state index contributed by atoms with van der Waals surface area (Å²) in [7, 11) is 2.04. The second-order valence-corrected chi connectivity index (χ2v) is 5.45. The van der Waals surface area contributed by atoms with Gasteiger partial charge in [0.05, 0.1) is 0 Å². The van der Waals surface area contributed by atoms with Crippen LogP contribution in [0.4, 0.5) is 0 Å². The number of nitrogens with one attached hydrogen (secondary N) is 1. The lowest BCUT2D eigenvalue weighted by Crippen LogP contribution is -2.25. The fraction of sp³-hybridized carbons (Fsp3) is 0.412. The minimum atomic E-state index is 0.705. The molecular weight excluding hydrogens is 218 g/mol. The van der Waals surface area contributed by atoms with E-state index in [9.17, 15) is 0 Å². The third-order valence-electron chi connectivity index (χ3n) is 3.72. The van der Waals surface area contributed by atoms with Crippen molar-refractivity contribution < 1.29 is 0 Å². The van der Waals surface area contributed by atoms with E-state index in [2.05, 4.69) is 61.6 Å². The van der Waals surface area contributed by atoms with E-state index in [4.69, 9.17) is 0 Å². The molecule has 0 saturated heterocycles. The first-order chi connectivity index (χ1) is 8.70. The standard InChI is InChI=1S/C17H23N/c1-13(2)17(12-18-3)11-14-8-9-15-6-4-5-7-16(15)10-14/h4-10,13,17-18H,11-12H2,1-3H3. The summed E-state index contributed by atoms with van der Waals surface area (Å²) in [5.74, 6) is 1.42. The summed E-state index contributed by atoms with van der Waals surface area (Å²) in [5.41, 5.74) is 1.45. The van der Waals surface area contributed by atoms with Gasteiger partial charge in [-0.2, -0.15) is 0 Å². The van der Waals surface area contributed by atoms with Gasteiger partial charge < -0.3 is 5.32 Å². The number of benzene rings is 2. The van der Waals surface area contributed by atoms with E-state index in [1.807, 2.05) is 7.05 Å². The first kappa shape index (κ1) is 13.1. The first-order valence-corrected chi connectivity index (χ1v) is 6.83. The van der Waals surface area contributed by atoms with Gasteiger partial charge >= 0.3 is 0 Å². The molecule has 2 aromatic rings.